The Labute approximate surface area is 124 Å². The van der Waals surface area contributed by atoms with Crippen LogP contribution >= 0.6 is 0 Å². The zero-order valence-corrected chi connectivity index (χ0v) is 12.1. The van der Waals surface area contributed by atoms with Crippen LogP contribution in [0.3, 0.4) is 0 Å². The van der Waals surface area contributed by atoms with Crippen molar-refractivity contribution in [2.24, 2.45) is 0 Å². The van der Waals surface area contributed by atoms with Gasteiger partial charge < -0.3 is 15.8 Å². The molecule has 0 spiro atoms. The van der Waals surface area contributed by atoms with E-state index in [2.05, 4.69) is 17.4 Å². The van der Waals surface area contributed by atoms with Gasteiger partial charge in [-0.05, 0) is 30.5 Å². The molecule has 0 bridgehead atoms. The zero-order chi connectivity index (χ0) is 15.1. The molecule has 0 aliphatic heterocycles. The first-order valence-corrected chi connectivity index (χ1v) is 6.99. The van der Waals surface area contributed by atoms with Crippen LogP contribution in [0.5, 0.6) is 5.75 Å². The molecular formula is C17H20N2O2. The number of carbonyl (C=O) groups is 1. The van der Waals surface area contributed by atoms with Crippen molar-refractivity contribution in [2.45, 2.75) is 12.8 Å². The number of nitrogens with one attached hydrogen (secondary N) is 1. The monoisotopic (exact) mass is 284 g/mol. The van der Waals surface area contributed by atoms with Gasteiger partial charge in [0.1, 0.15) is 5.75 Å². The van der Waals surface area contributed by atoms with Crippen LogP contribution < -0.4 is 15.8 Å². The Hall–Kier alpha value is -2.49. The summed E-state index contributed by atoms with van der Waals surface area (Å²) < 4.78 is 5.72. The van der Waals surface area contributed by atoms with Crippen LogP contribution in [-0.2, 0) is 6.42 Å². The Bertz CT molecular complexity index is 597. The lowest BCUT2D eigenvalue weighted by Gasteiger charge is -2.11. The van der Waals surface area contributed by atoms with Crippen molar-refractivity contribution in [3.63, 3.8) is 0 Å². The number of nitrogen functional groups attached to an aromatic ring is 1. The minimum Gasteiger partial charge on any atom is -0.493 e. The maximum absolute atomic E-state index is 11.8. The van der Waals surface area contributed by atoms with Crippen molar-refractivity contribution in [2.75, 3.05) is 19.4 Å². The SMILES string of the molecule is CNC(=O)c1ccc(N)cc1OCCCc1ccccc1. The van der Waals surface area contributed by atoms with Crippen molar-refractivity contribution < 1.29 is 9.53 Å². The van der Waals surface area contributed by atoms with Crippen LogP contribution in [0.4, 0.5) is 5.69 Å². The summed E-state index contributed by atoms with van der Waals surface area (Å²) in [5.74, 6) is 0.357. The number of rotatable bonds is 6. The molecule has 2 aromatic rings. The van der Waals surface area contributed by atoms with Crippen LogP contribution in [0, 0.1) is 0 Å². The summed E-state index contributed by atoms with van der Waals surface area (Å²) in [5, 5.41) is 2.60. The first-order chi connectivity index (χ1) is 10.2. The summed E-state index contributed by atoms with van der Waals surface area (Å²) in [7, 11) is 1.60. The van der Waals surface area contributed by atoms with E-state index in [4.69, 9.17) is 10.5 Å². The average molecular weight is 284 g/mol. The van der Waals surface area contributed by atoms with Gasteiger partial charge in [-0.1, -0.05) is 30.3 Å². The molecule has 110 valence electrons. The highest BCUT2D eigenvalue weighted by Gasteiger charge is 2.11. The lowest BCUT2D eigenvalue weighted by molar-refractivity contribution is 0.0959. The molecule has 3 N–H and O–H groups in total. The average Bonchev–Trinajstić information content (AvgIpc) is 2.52. The molecule has 0 atom stereocenters. The fourth-order valence-corrected chi connectivity index (χ4v) is 2.08. The molecular weight excluding hydrogens is 264 g/mol. The van der Waals surface area contributed by atoms with Gasteiger partial charge >= 0.3 is 0 Å². The van der Waals surface area contributed by atoms with Crippen molar-refractivity contribution in [1.29, 1.82) is 0 Å². The second-order valence-electron chi connectivity index (χ2n) is 4.77. The second-order valence-corrected chi connectivity index (χ2v) is 4.77. The second kappa shape index (κ2) is 7.33. The number of carbonyl (C=O) groups excluding carboxylic acids is 1. The van der Waals surface area contributed by atoms with Crippen LogP contribution in [0.2, 0.25) is 0 Å². The van der Waals surface area contributed by atoms with Crippen molar-refractivity contribution in [3.8, 4) is 5.75 Å². The molecule has 0 heterocycles. The summed E-state index contributed by atoms with van der Waals surface area (Å²) >= 11 is 0. The van der Waals surface area contributed by atoms with E-state index in [9.17, 15) is 4.79 Å². The van der Waals surface area contributed by atoms with Crippen molar-refractivity contribution in [3.05, 3.63) is 59.7 Å². The number of aryl methyl sites for hydroxylation is 1. The molecule has 0 fully saturated rings. The molecule has 0 saturated heterocycles. The van der Waals surface area contributed by atoms with Gasteiger partial charge in [0.15, 0.2) is 0 Å². The van der Waals surface area contributed by atoms with E-state index in [-0.39, 0.29) is 5.91 Å². The summed E-state index contributed by atoms with van der Waals surface area (Å²) in [5.41, 5.74) is 8.12. The van der Waals surface area contributed by atoms with E-state index in [1.165, 1.54) is 5.56 Å². The molecule has 4 heteroatoms. The smallest absolute Gasteiger partial charge is 0.254 e. The first kappa shape index (κ1) is 14.9. The van der Waals surface area contributed by atoms with E-state index in [1.54, 1.807) is 25.2 Å². The molecule has 0 saturated carbocycles. The van der Waals surface area contributed by atoms with Gasteiger partial charge in [0.25, 0.3) is 5.91 Å². The predicted molar refractivity (Wildman–Crippen MR) is 84.5 cm³/mol. The highest BCUT2D eigenvalue weighted by atomic mass is 16.5. The fraction of sp³-hybridized carbons (Fsp3) is 0.235. The van der Waals surface area contributed by atoms with Crippen molar-refractivity contribution in [1.82, 2.24) is 5.32 Å². The number of ether oxygens (including phenoxy) is 1. The molecule has 1 amide bonds. The minimum atomic E-state index is -0.173. The van der Waals surface area contributed by atoms with E-state index < -0.39 is 0 Å². The number of hydrogen-bond donors (Lipinski definition) is 2. The first-order valence-electron chi connectivity index (χ1n) is 6.99. The van der Waals surface area contributed by atoms with Crippen LogP contribution in [0.15, 0.2) is 48.5 Å². The van der Waals surface area contributed by atoms with Gasteiger partial charge in [-0.3, -0.25) is 4.79 Å². The number of anilines is 1. The van der Waals surface area contributed by atoms with Crippen LogP contribution in [0.1, 0.15) is 22.3 Å². The number of nitrogens with two attached hydrogens (primary N) is 1. The standard InChI is InChI=1S/C17H20N2O2/c1-19-17(20)15-10-9-14(18)12-16(15)21-11-5-8-13-6-3-2-4-7-13/h2-4,6-7,9-10,12H,5,8,11,18H2,1H3,(H,19,20). The van der Waals surface area contributed by atoms with Gasteiger partial charge in [-0.2, -0.15) is 0 Å². The van der Waals surface area contributed by atoms with E-state index in [0.29, 0.717) is 23.6 Å². The molecule has 0 aliphatic rings. The Kier molecular flexibility index (Phi) is 5.21. The highest BCUT2D eigenvalue weighted by Crippen LogP contribution is 2.22. The normalized spacial score (nSPS) is 10.1. The predicted octanol–water partition coefficient (Wildman–Crippen LogP) is 2.64. The lowest BCUT2D eigenvalue weighted by Crippen LogP contribution is -2.19. The molecule has 0 unspecified atom stereocenters. The molecule has 0 radical (unpaired) electrons. The van der Waals surface area contributed by atoms with E-state index in [1.807, 2.05) is 18.2 Å². The highest BCUT2D eigenvalue weighted by molar-refractivity contribution is 5.97. The maximum atomic E-state index is 11.8. The summed E-state index contributed by atoms with van der Waals surface area (Å²) in [6.07, 6.45) is 1.82. The number of amides is 1. The van der Waals surface area contributed by atoms with E-state index >= 15 is 0 Å². The van der Waals surface area contributed by atoms with Crippen molar-refractivity contribution >= 4 is 11.6 Å². The Morgan fingerprint density at radius 1 is 1.19 bits per heavy atom. The largest absolute Gasteiger partial charge is 0.493 e. The quantitative estimate of drug-likeness (QED) is 0.633. The Morgan fingerprint density at radius 2 is 1.95 bits per heavy atom. The third-order valence-corrected chi connectivity index (χ3v) is 3.19. The summed E-state index contributed by atoms with van der Waals surface area (Å²) in [6, 6.07) is 15.3. The third-order valence-electron chi connectivity index (χ3n) is 3.19. The van der Waals surface area contributed by atoms with Gasteiger partial charge in [-0.15, -0.1) is 0 Å². The molecule has 2 rings (SSSR count). The van der Waals surface area contributed by atoms with Gasteiger partial charge in [-0.25, -0.2) is 0 Å². The fourth-order valence-electron chi connectivity index (χ4n) is 2.08. The van der Waals surface area contributed by atoms with Gasteiger partial charge in [0, 0.05) is 18.8 Å². The molecule has 4 nitrogen and oxygen atoms in total. The number of hydrogen-bond acceptors (Lipinski definition) is 3. The zero-order valence-electron chi connectivity index (χ0n) is 12.1. The van der Waals surface area contributed by atoms with Crippen LogP contribution in [-0.4, -0.2) is 19.6 Å². The summed E-state index contributed by atoms with van der Waals surface area (Å²) in [4.78, 5) is 11.8. The summed E-state index contributed by atoms with van der Waals surface area (Å²) in [6.45, 7) is 0.544. The van der Waals surface area contributed by atoms with Gasteiger partial charge in [0.05, 0.1) is 12.2 Å². The Morgan fingerprint density at radius 3 is 2.67 bits per heavy atom. The van der Waals surface area contributed by atoms with Crippen LogP contribution in [0.25, 0.3) is 0 Å². The molecule has 0 aliphatic carbocycles. The topological polar surface area (TPSA) is 64.4 Å². The molecule has 2 aromatic carbocycles. The molecule has 21 heavy (non-hydrogen) atoms. The third kappa shape index (κ3) is 4.24. The maximum Gasteiger partial charge on any atom is 0.254 e. The lowest BCUT2D eigenvalue weighted by atomic mass is 10.1. The number of benzene rings is 2. The van der Waals surface area contributed by atoms with E-state index in [0.717, 1.165) is 12.8 Å². The Balaban J connectivity index is 1.93. The van der Waals surface area contributed by atoms with Gasteiger partial charge in [0.2, 0.25) is 0 Å². The minimum absolute atomic E-state index is 0.173. The molecule has 0 aromatic heterocycles.